The first kappa shape index (κ1) is 23.3. The van der Waals surface area contributed by atoms with Crippen LogP contribution in [0.2, 0.25) is 0 Å². The van der Waals surface area contributed by atoms with Gasteiger partial charge in [0.1, 0.15) is 11.6 Å². The number of hydrogen-bond acceptors (Lipinski definition) is 4. The van der Waals surface area contributed by atoms with Crippen molar-refractivity contribution in [2.45, 2.75) is 44.4 Å². The molecule has 0 aromatic heterocycles. The average molecular weight is 458 g/mol. The van der Waals surface area contributed by atoms with Gasteiger partial charge in [-0.2, -0.15) is 13.2 Å². The molecule has 0 radical (unpaired) electrons. The summed E-state index contributed by atoms with van der Waals surface area (Å²) in [5.41, 5.74) is -0.0226. The number of carbonyl (C=O) groups excluding carboxylic acids is 1. The molecule has 2 aliphatic heterocycles. The first-order valence-electron chi connectivity index (χ1n) is 11.4. The minimum atomic E-state index is -4.13. The van der Waals surface area contributed by atoms with Crippen molar-refractivity contribution in [3.05, 3.63) is 29.6 Å². The van der Waals surface area contributed by atoms with Crippen LogP contribution < -0.4 is 4.74 Å². The number of β-amino-alcohol motifs (C(OH)–C–C–N with tert-alkyl or cyclic N) is 1. The summed E-state index contributed by atoms with van der Waals surface area (Å²) in [6.07, 6.45) is -0.641. The van der Waals surface area contributed by atoms with Crippen LogP contribution in [0.15, 0.2) is 18.2 Å². The van der Waals surface area contributed by atoms with E-state index in [0.29, 0.717) is 56.2 Å². The van der Waals surface area contributed by atoms with E-state index in [1.54, 1.807) is 6.07 Å². The summed E-state index contributed by atoms with van der Waals surface area (Å²) in [4.78, 5) is 15.3. The molecule has 2 heterocycles. The van der Waals surface area contributed by atoms with E-state index >= 15 is 0 Å². The summed E-state index contributed by atoms with van der Waals surface area (Å²) in [6, 6.07) is 4.23. The maximum atomic E-state index is 14.4. The van der Waals surface area contributed by atoms with E-state index in [-0.39, 0.29) is 12.1 Å². The van der Waals surface area contributed by atoms with Crippen molar-refractivity contribution in [1.29, 1.82) is 0 Å². The number of rotatable bonds is 7. The number of halogens is 4. The van der Waals surface area contributed by atoms with Gasteiger partial charge in [-0.1, -0.05) is 0 Å². The number of ether oxygens (including phenoxy) is 1. The molecule has 3 unspecified atom stereocenters. The molecule has 0 bridgehead atoms. The molecule has 1 amide bonds. The molecule has 2 saturated heterocycles. The zero-order valence-electron chi connectivity index (χ0n) is 18.0. The molecule has 3 fully saturated rings. The van der Waals surface area contributed by atoms with E-state index in [0.717, 1.165) is 25.7 Å². The predicted octanol–water partition coefficient (Wildman–Crippen LogP) is 3.71. The van der Waals surface area contributed by atoms with Crippen LogP contribution in [-0.4, -0.2) is 72.4 Å². The molecule has 1 N–H and O–H groups in total. The van der Waals surface area contributed by atoms with Crippen LogP contribution in [0.1, 0.15) is 42.5 Å². The molecular weight excluding hydrogens is 428 g/mol. The molecule has 3 atom stereocenters. The fourth-order valence-corrected chi connectivity index (χ4v) is 5.16. The van der Waals surface area contributed by atoms with Gasteiger partial charge in [-0.25, -0.2) is 4.39 Å². The Morgan fingerprint density at radius 3 is 2.53 bits per heavy atom. The molecule has 9 heteroatoms. The number of aliphatic hydroxyl groups excluding tert-OH is 1. The number of likely N-dealkylation sites (tertiary alicyclic amines) is 2. The van der Waals surface area contributed by atoms with Gasteiger partial charge in [0, 0.05) is 19.2 Å². The normalized spacial score (nSPS) is 27.0. The maximum absolute atomic E-state index is 14.4. The Hall–Kier alpha value is -1.87. The van der Waals surface area contributed by atoms with Crippen LogP contribution in [0, 0.1) is 23.6 Å². The second-order valence-corrected chi connectivity index (χ2v) is 9.36. The van der Waals surface area contributed by atoms with Crippen molar-refractivity contribution in [1.82, 2.24) is 9.80 Å². The lowest BCUT2D eigenvalue weighted by atomic mass is 9.90. The van der Waals surface area contributed by atoms with E-state index in [1.807, 2.05) is 0 Å². The highest BCUT2D eigenvalue weighted by Crippen LogP contribution is 2.49. The van der Waals surface area contributed by atoms with Gasteiger partial charge in [0.15, 0.2) is 0 Å². The molecule has 1 aromatic carbocycles. The number of hydrogen-bond donors (Lipinski definition) is 1. The van der Waals surface area contributed by atoms with Crippen LogP contribution in [0.4, 0.5) is 17.6 Å². The smallest absolute Gasteiger partial charge is 0.401 e. The Bertz CT molecular complexity index is 811. The van der Waals surface area contributed by atoms with Crippen LogP contribution in [-0.2, 0) is 0 Å². The van der Waals surface area contributed by atoms with Gasteiger partial charge in [0.05, 0.1) is 24.8 Å². The number of benzene rings is 1. The summed E-state index contributed by atoms with van der Waals surface area (Å²) in [6.45, 7) is 1.28. The largest absolute Gasteiger partial charge is 0.493 e. The fraction of sp³-hybridized carbons (Fsp3) is 0.696. The minimum Gasteiger partial charge on any atom is -0.493 e. The van der Waals surface area contributed by atoms with Crippen molar-refractivity contribution < 1.29 is 32.2 Å². The molecule has 3 aliphatic rings. The predicted molar refractivity (Wildman–Crippen MR) is 110 cm³/mol. The minimum absolute atomic E-state index is 0.0226. The van der Waals surface area contributed by atoms with Crippen molar-refractivity contribution >= 4 is 5.91 Å². The van der Waals surface area contributed by atoms with Crippen LogP contribution >= 0.6 is 0 Å². The Balaban J connectivity index is 1.18. The number of aliphatic hydroxyl groups is 1. The van der Waals surface area contributed by atoms with Crippen molar-refractivity contribution in [3.63, 3.8) is 0 Å². The Kier molecular flexibility index (Phi) is 6.95. The number of amides is 1. The molecule has 32 heavy (non-hydrogen) atoms. The molecule has 4 rings (SSSR count). The number of carbonyl (C=O) groups is 1. The lowest BCUT2D eigenvalue weighted by Gasteiger charge is -2.32. The number of alkyl halides is 3. The molecule has 178 valence electrons. The van der Waals surface area contributed by atoms with Crippen molar-refractivity contribution in [2.24, 2.45) is 17.8 Å². The molecular formula is C23H30F4N2O3. The quantitative estimate of drug-likeness (QED) is 0.633. The second-order valence-electron chi connectivity index (χ2n) is 9.36. The van der Waals surface area contributed by atoms with Gasteiger partial charge in [0.25, 0.3) is 5.91 Å². The average Bonchev–Trinajstić information content (AvgIpc) is 3.36. The first-order valence-corrected chi connectivity index (χ1v) is 11.4. The third-order valence-electron chi connectivity index (χ3n) is 7.00. The maximum Gasteiger partial charge on any atom is 0.401 e. The molecule has 1 saturated carbocycles. The first-order chi connectivity index (χ1) is 15.2. The van der Waals surface area contributed by atoms with Crippen LogP contribution in [0.5, 0.6) is 5.75 Å². The standard InChI is InChI=1S/C23H30F4N2O3/c24-21-12-18(1-2-19(21)22(31)29-9-5-17(30)13-29)32-10-6-16-11-20(16)15-3-7-28(8-4-15)14-23(25,26)27/h1-2,12,15-17,20,30H,3-11,13-14H2. The van der Waals surface area contributed by atoms with Crippen molar-refractivity contribution in [3.8, 4) is 5.75 Å². The van der Waals surface area contributed by atoms with Gasteiger partial charge >= 0.3 is 6.18 Å². The third kappa shape index (κ3) is 5.92. The van der Waals surface area contributed by atoms with Gasteiger partial charge in [0.2, 0.25) is 0 Å². The number of nitrogens with zero attached hydrogens (tertiary/aromatic N) is 2. The zero-order chi connectivity index (χ0) is 22.9. The Labute approximate surface area is 185 Å². The number of piperidine rings is 1. The van der Waals surface area contributed by atoms with E-state index in [4.69, 9.17) is 4.74 Å². The highest BCUT2D eigenvalue weighted by atomic mass is 19.4. The van der Waals surface area contributed by atoms with E-state index in [9.17, 15) is 27.5 Å². The zero-order valence-corrected chi connectivity index (χ0v) is 18.0. The highest BCUT2D eigenvalue weighted by Gasteiger charge is 2.44. The van der Waals surface area contributed by atoms with E-state index in [2.05, 4.69) is 0 Å². The monoisotopic (exact) mass is 458 g/mol. The SMILES string of the molecule is O=C(c1ccc(OCCC2CC2C2CCN(CC(F)(F)F)CC2)cc1F)N1CCC(O)C1. The van der Waals surface area contributed by atoms with Crippen molar-refractivity contribution in [2.75, 3.05) is 39.3 Å². The summed E-state index contributed by atoms with van der Waals surface area (Å²) in [7, 11) is 0. The van der Waals surface area contributed by atoms with Crippen LogP contribution in [0.3, 0.4) is 0 Å². The molecule has 0 spiro atoms. The summed E-state index contributed by atoms with van der Waals surface area (Å²) >= 11 is 0. The summed E-state index contributed by atoms with van der Waals surface area (Å²) in [5.74, 6) is 0.867. The molecule has 1 aliphatic carbocycles. The topological polar surface area (TPSA) is 53.0 Å². The summed E-state index contributed by atoms with van der Waals surface area (Å²) in [5, 5.41) is 9.56. The fourth-order valence-electron chi connectivity index (χ4n) is 5.16. The second kappa shape index (κ2) is 9.55. The Morgan fingerprint density at radius 1 is 1.16 bits per heavy atom. The highest BCUT2D eigenvalue weighted by molar-refractivity contribution is 5.94. The summed E-state index contributed by atoms with van der Waals surface area (Å²) < 4.78 is 57.7. The van der Waals surface area contributed by atoms with Gasteiger partial charge < -0.3 is 14.7 Å². The van der Waals surface area contributed by atoms with Gasteiger partial charge in [-0.05, 0) is 75.1 Å². The molecule has 5 nitrogen and oxygen atoms in total. The lowest BCUT2D eigenvalue weighted by molar-refractivity contribution is -0.148. The van der Waals surface area contributed by atoms with E-state index in [1.165, 1.54) is 21.9 Å². The van der Waals surface area contributed by atoms with E-state index < -0.39 is 30.5 Å². The van der Waals surface area contributed by atoms with Gasteiger partial charge in [-0.15, -0.1) is 0 Å². The third-order valence-corrected chi connectivity index (χ3v) is 7.00. The Morgan fingerprint density at radius 2 is 1.91 bits per heavy atom. The van der Waals surface area contributed by atoms with Crippen LogP contribution in [0.25, 0.3) is 0 Å². The van der Waals surface area contributed by atoms with Gasteiger partial charge in [-0.3, -0.25) is 9.69 Å². The lowest BCUT2D eigenvalue weighted by Crippen LogP contribution is -2.40. The molecule has 1 aromatic rings.